The van der Waals surface area contributed by atoms with Gasteiger partial charge in [-0.05, 0) is 73.9 Å². The standard InChI is InChI=1S/C19H41N5.HI/c1-8-20-19(22-14-18(23(6)7)17-10-11-17)21-12-9-13-24(15(2)3)16(4)5;/h15-18H,8-14H2,1-7H3,(H2,20,21,22);1H. The molecule has 0 bridgehead atoms. The van der Waals surface area contributed by atoms with Crippen molar-refractivity contribution in [1.82, 2.24) is 20.4 Å². The third kappa shape index (κ3) is 9.99. The summed E-state index contributed by atoms with van der Waals surface area (Å²) in [6, 6.07) is 1.79. The summed E-state index contributed by atoms with van der Waals surface area (Å²) in [6.07, 6.45) is 3.87. The molecule has 0 aromatic rings. The molecule has 0 aromatic heterocycles. The van der Waals surface area contributed by atoms with Gasteiger partial charge in [0.15, 0.2) is 5.96 Å². The molecule has 0 saturated heterocycles. The fourth-order valence-electron chi connectivity index (χ4n) is 3.32. The first-order valence-electron chi connectivity index (χ1n) is 9.81. The number of halogens is 1. The highest BCUT2D eigenvalue weighted by Crippen LogP contribution is 2.34. The Bertz CT molecular complexity index is 357. The van der Waals surface area contributed by atoms with Gasteiger partial charge in [-0.1, -0.05) is 0 Å². The topological polar surface area (TPSA) is 42.9 Å². The fraction of sp³-hybridized carbons (Fsp3) is 0.947. The van der Waals surface area contributed by atoms with Gasteiger partial charge in [-0.25, -0.2) is 0 Å². The highest BCUT2D eigenvalue weighted by Gasteiger charge is 2.32. The Morgan fingerprint density at radius 2 is 1.68 bits per heavy atom. The van der Waals surface area contributed by atoms with Crippen LogP contribution in [0.5, 0.6) is 0 Å². The van der Waals surface area contributed by atoms with E-state index >= 15 is 0 Å². The van der Waals surface area contributed by atoms with E-state index in [0.29, 0.717) is 18.1 Å². The van der Waals surface area contributed by atoms with Crippen molar-refractivity contribution in [2.45, 2.75) is 72.0 Å². The first-order valence-corrected chi connectivity index (χ1v) is 9.81. The average Bonchev–Trinajstić information content (AvgIpc) is 3.30. The minimum atomic E-state index is 0. The van der Waals surface area contributed by atoms with Crippen LogP contribution in [0.15, 0.2) is 4.99 Å². The second-order valence-electron chi connectivity index (χ2n) is 7.79. The SMILES string of the molecule is CCNC(=NCC(C1CC1)N(C)C)NCCCN(C(C)C)C(C)C.I. The molecule has 1 rings (SSSR count). The first kappa shape index (κ1) is 24.9. The van der Waals surface area contributed by atoms with Crippen LogP contribution in [0.4, 0.5) is 0 Å². The van der Waals surface area contributed by atoms with Crippen molar-refractivity contribution in [2.75, 3.05) is 40.3 Å². The quantitative estimate of drug-likeness (QED) is 0.212. The van der Waals surface area contributed by atoms with Crippen LogP contribution in [0, 0.1) is 5.92 Å². The zero-order valence-electron chi connectivity index (χ0n) is 17.5. The molecule has 0 heterocycles. The number of rotatable bonds is 11. The summed E-state index contributed by atoms with van der Waals surface area (Å²) in [5.74, 6) is 1.81. The monoisotopic (exact) mass is 467 g/mol. The van der Waals surface area contributed by atoms with Crippen LogP contribution in [0.3, 0.4) is 0 Å². The molecule has 1 aliphatic carbocycles. The van der Waals surface area contributed by atoms with Crippen molar-refractivity contribution < 1.29 is 0 Å². The van der Waals surface area contributed by atoms with Crippen LogP contribution in [-0.2, 0) is 0 Å². The van der Waals surface area contributed by atoms with Gasteiger partial charge in [0.25, 0.3) is 0 Å². The Labute approximate surface area is 173 Å². The van der Waals surface area contributed by atoms with Gasteiger partial charge >= 0.3 is 0 Å². The number of guanidine groups is 1. The lowest BCUT2D eigenvalue weighted by Crippen LogP contribution is -2.42. The molecule has 5 nitrogen and oxygen atoms in total. The molecule has 0 amide bonds. The molecule has 0 spiro atoms. The van der Waals surface area contributed by atoms with Gasteiger partial charge < -0.3 is 15.5 Å². The summed E-state index contributed by atoms with van der Waals surface area (Å²) < 4.78 is 0. The van der Waals surface area contributed by atoms with Crippen LogP contribution in [0.25, 0.3) is 0 Å². The Hall–Kier alpha value is -0.0800. The number of hydrogen-bond acceptors (Lipinski definition) is 3. The maximum absolute atomic E-state index is 4.82. The van der Waals surface area contributed by atoms with E-state index < -0.39 is 0 Å². The van der Waals surface area contributed by atoms with Gasteiger partial charge in [-0.3, -0.25) is 9.89 Å². The van der Waals surface area contributed by atoms with E-state index in [0.717, 1.165) is 44.5 Å². The Morgan fingerprint density at radius 1 is 1.08 bits per heavy atom. The maximum atomic E-state index is 4.82. The number of likely N-dealkylation sites (N-methyl/N-ethyl adjacent to an activating group) is 1. The zero-order valence-corrected chi connectivity index (χ0v) is 19.8. The number of nitrogens with zero attached hydrogens (tertiary/aromatic N) is 3. The maximum Gasteiger partial charge on any atom is 0.191 e. The van der Waals surface area contributed by atoms with E-state index in [1.165, 1.54) is 12.8 Å². The van der Waals surface area contributed by atoms with E-state index in [2.05, 4.69) is 69.1 Å². The van der Waals surface area contributed by atoms with Crippen LogP contribution >= 0.6 is 24.0 Å². The van der Waals surface area contributed by atoms with Crippen molar-refractivity contribution in [3.63, 3.8) is 0 Å². The smallest absolute Gasteiger partial charge is 0.191 e. The summed E-state index contributed by atoms with van der Waals surface area (Å²) in [7, 11) is 4.34. The molecular weight excluding hydrogens is 425 g/mol. The predicted molar refractivity (Wildman–Crippen MR) is 121 cm³/mol. The molecule has 6 heteroatoms. The fourth-order valence-corrected chi connectivity index (χ4v) is 3.32. The van der Waals surface area contributed by atoms with Crippen LogP contribution in [-0.4, -0.2) is 74.2 Å². The second kappa shape index (κ2) is 13.1. The predicted octanol–water partition coefficient (Wildman–Crippen LogP) is 3.01. The Balaban J connectivity index is 0.00000576. The molecule has 0 aliphatic heterocycles. The first-order chi connectivity index (χ1) is 11.4. The summed E-state index contributed by atoms with van der Waals surface area (Å²) in [5.41, 5.74) is 0. The summed E-state index contributed by atoms with van der Waals surface area (Å²) in [5, 5.41) is 6.88. The van der Waals surface area contributed by atoms with E-state index in [1.54, 1.807) is 0 Å². The molecule has 1 atom stereocenters. The number of hydrogen-bond donors (Lipinski definition) is 2. The van der Waals surface area contributed by atoms with E-state index in [1.807, 2.05) is 0 Å². The highest BCUT2D eigenvalue weighted by molar-refractivity contribution is 14.0. The lowest BCUT2D eigenvalue weighted by Gasteiger charge is -2.30. The van der Waals surface area contributed by atoms with Crippen molar-refractivity contribution in [3.8, 4) is 0 Å². The van der Waals surface area contributed by atoms with Gasteiger partial charge in [-0.2, -0.15) is 0 Å². The summed E-state index contributed by atoms with van der Waals surface area (Å²) in [6.45, 7) is 15.1. The van der Waals surface area contributed by atoms with Gasteiger partial charge in [0.05, 0.1) is 6.54 Å². The molecule has 2 N–H and O–H groups in total. The lowest BCUT2D eigenvalue weighted by atomic mass is 10.2. The van der Waals surface area contributed by atoms with E-state index in [-0.39, 0.29) is 24.0 Å². The van der Waals surface area contributed by atoms with E-state index in [4.69, 9.17) is 4.99 Å². The van der Waals surface area contributed by atoms with Crippen molar-refractivity contribution in [2.24, 2.45) is 10.9 Å². The van der Waals surface area contributed by atoms with Gasteiger partial charge in [0.2, 0.25) is 0 Å². The lowest BCUT2D eigenvalue weighted by molar-refractivity contribution is 0.173. The zero-order chi connectivity index (χ0) is 18.1. The average molecular weight is 467 g/mol. The van der Waals surface area contributed by atoms with Crippen LogP contribution < -0.4 is 10.6 Å². The molecule has 150 valence electrons. The van der Waals surface area contributed by atoms with Gasteiger partial charge in [0.1, 0.15) is 0 Å². The van der Waals surface area contributed by atoms with Crippen molar-refractivity contribution in [1.29, 1.82) is 0 Å². The second-order valence-corrected chi connectivity index (χ2v) is 7.79. The largest absolute Gasteiger partial charge is 0.357 e. The molecule has 0 radical (unpaired) electrons. The molecule has 25 heavy (non-hydrogen) atoms. The van der Waals surface area contributed by atoms with Crippen molar-refractivity contribution >= 4 is 29.9 Å². The normalized spacial score (nSPS) is 16.5. The third-order valence-electron chi connectivity index (χ3n) is 4.82. The number of aliphatic imine (C=N–C) groups is 1. The van der Waals surface area contributed by atoms with Gasteiger partial charge in [0, 0.05) is 37.8 Å². The Kier molecular flexibility index (Phi) is 13.1. The van der Waals surface area contributed by atoms with Crippen LogP contribution in [0.1, 0.15) is 53.9 Å². The molecule has 1 fully saturated rings. The van der Waals surface area contributed by atoms with Crippen molar-refractivity contribution in [3.05, 3.63) is 0 Å². The molecule has 0 aromatic carbocycles. The molecule has 1 aliphatic rings. The summed E-state index contributed by atoms with van der Waals surface area (Å²) in [4.78, 5) is 9.69. The third-order valence-corrected chi connectivity index (χ3v) is 4.82. The number of nitrogens with one attached hydrogen (secondary N) is 2. The minimum Gasteiger partial charge on any atom is -0.357 e. The summed E-state index contributed by atoms with van der Waals surface area (Å²) >= 11 is 0. The minimum absolute atomic E-state index is 0. The molecular formula is C19H42IN5. The van der Waals surface area contributed by atoms with Crippen LogP contribution in [0.2, 0.25) is 0 Å². The Morgan fingerprint density at radius 3 is 2.12 bits per heavy atom. The van der Waals surface area contributed by atoms with E-state index in [9.17, 15) is 0 Å². The highest BCUT2D eigenvalue weighted by atomic mass is 127. The van der Waals surface area contributed by atoms with Gasteiger partial charge in [-0.15, -0.1) is 24.0 Å². The molecule has 1 unspecified atom stereocenters. The molecule has 1 saturated carbocycles.